The third-order valence-electron chi connectivity index (χ3n) is 3.26. The lowest BCUT2D eigenvalue weighted by atomic mass is 10.1. The Hall–Kier alpha value is -1.33. The first-order valence-electron chi connectivity index (χ1n) is 5.75. The van der Waals surface area contributed by atoms with Crippen molar-refractivity contribution in [1.29, 1.82) is 0 Å². The zero-order valence-electron chi connectivity index (χ0n) is 9.64. The SMILES string of the molecule is CC1OCCC1Nc1ccc2scnc2c1N. The molecule has 1 aromatic carbocycles. The second-order valence-electron chi connectivity index (χ2n) is 4.34. The van der Waals surface area contributed by atoms with Crippen LogP contribution < -0.4 is 11.1 Å². The Morgan fingerprint density at radius 2 is 2.41 bits per heavy atom. The zero-order valence-corrected chi connectivity index (χ0v) is 10.5. The van der Waals surface area contributed by atoms with Gasteiger partial charge in [0.2, 0.25) is 0 Å². The van der Waals surface area contributed by atoms with Gasteiger partial charge in [0, 0.05) is 6.61 Å². The van der Waals surface area contributed by atoms with Gasteiger partial charge in [0.15, 0.2) is 0 Å². The molecule has 1 saturated heterocycles. The first-order chi connectivity index (χ1) is 8.25. The lowest BCUT2D eigenvalue weighted by molar-refractivity contribution is 0.121. The molecule has 1 aliphatic rings. The summed E-state index contributed by atoms with van der Waals surface area (Å²) in [6.07, 6.45) is 1.26. The maximum absolute atomic E-state index is 6.13. The number of fused-ring (bicyclic) bond motifs is 1. The molecule has 1 aromatic heterocycles. The average Bonchev–Trinajstić information content (AvgIpc) is 2.92. The lowest BCUT2D eigenvalue weighted by Gasteiger charge is -2.18. The molecule has 3 rings (SSSR count). The van der Waals surface area contributed by atoms with Crippen LogP contribution in [0.1, 0.15) is 13.3 Å². The molecule has 0 bridgehead atoms. The fraction of sp³-hybridized carbons (Fsp3) is 0.417. The normalized spacial score (nSPS) is 24.3. The first-order valence-corrected chi connectivity index (χ1v) is 6.63. The lowest BCUT2D eigenvalue weighted by Crippen LogP contribution is -2.27. The van der Waals surface area contributed by atoms with Crippen LogP contribution in [0.15, 0.2) is 17.6 Å². The Balaban J connectivity index is 1.92. The van der Waals surface area contributed by atoms with E-state index in [2.05, 4.69) is 23.3 Å². The van der Waals surface area contributed by atoms with Gasteiger partial charge in [0.1, 0.15) is 5.52 Å². The largest absolute Gasteiger partial charge is 0.395 e. The smallest absolute Gasteiger partial charge is 0.106 e. The number of thiazole rings is 1. The van der Waals surface area contributed by atoms with E-state index in [9.17, 15) is 0 Å². The Morgan fingerprint density at radius 1 is 1.53 bits per heavy atom. The summed E-state index contributed by atoms with van der Waals surface area (Å²) in [4.78, 5) is 4.29. The van der Waals surface area contributed by atoms with Crippen LogP contribution in [0.5, 0.6) is 0 Å². The Morgan fingerprint density at radius 3 is 3.18 bits per heavy atom. The highest BCUT2D eigenvalue weighted by Gasteiger charge is 2.24. The molecule has 4 nitrogen and oxygen atoms in total. The Bertz CT molecular complexity index is 540. The van der Waals surface area contributed by atoms with Crippen LogP contribution in [-0.4, -0.2) is 23.7 Å². The van der Waals surface area contributed by atoms with Gasteiger partial charge in [0.05, 0.1) is 33.7 Å². The van der Waals surface area contributed by atoms with Crippen LogP contribution in [0.2, 0.25) is 0 Å². The summed E-state index contributed by atoms with van der Waals surface area (Å²) in [6.45, 7) is 2.90. The monoisotopic (exact) mass is 249 g/mol. The number of benzene rings is 1. The van der Waals surface area contributed by atoms with Gasteiger partial charge in [-0.1, -0.05) is 0 Å². The number of rotatable bonds is 2. The van der Waals surface area contributed by atoms with Crippen LogP contribution in [0.3, 0.4) is 0 Å². The van der Waals surface area contributed by atoms with Crippen LogP contribution >= 0.6 is 11.3 Å². The molecular weight excluding hydrogens is 234 g/mol. The Kier molecular flexibility index (Phi) is 2.64. The van der Waals surface area contributed by atoms with E-state index in [1.54, 1.807) is 11.3 Å². The number of aromatic nitrogens is 1. The molecule has 0 radical (unpaired) electrons. The second kappa shape index (κ2) is 4.16. The van der Waals surface area contributed by atoms with Crippen molar-refractivity contribution < 1.29 is 4.74 Å². The number of hydrogen-bond acceptors (Lipinski definition) is 5. The third-order valence-corrected chi connectivity index (χ3v) is 4.05. The fourth-order valence-corrected chi connectivity index (χ4v) is 2.89. The van der Waals surface area contributed by atoms with Crippen molar-refractivity contribution in [3.05, 3.63) is 17.6 Å². The number of nitrogens with zero attached hydrogens (tertiary/aromatic N) is 1. The van der Waals surface area contributed by atoms with Crippen molar-refractivity contribution in [1.82, 2.24) is 4.98 Å². The van der Waals surface area contributed by atoms with Gasteiger partial charge in [-0.3, -0.25) is 0 Å². The summed E-state index contributed by atoms with van der Waals surface area (Å²) in [5, 5.41) is 3.46. The van der Waals surface area contributed by atoms with Crippen LogP contribution in [0.25, 0.3) is 10.2 Å². The van der Waals surface area contributed by atoms with Gasteiger partial charge in [-0.05, 0) is 25.5 Å². The summed E-state index contributed by atoms with van der Waals surface area (Å²) >= 11 is 1.61. The maximum Gasteiger partial charge on any atom is 0.106 e. The number of nitrogens with two attached hydrogens (primary N) is 1. The van der Waals surface area contributed by atoms with E-state index in [1.165, 1.54) is 0 Å². The van der Waals surface area contributed by atoms with Crippen LogP contribution in [0, 0.1) is 0 Å². The first kappa shape index (κ1) is 10.8. The number of ether oxygens (including phenoxy) is 1. The average molecular weight is 249 g/mol. The summed E-state index contributed by atoms with van der Waals surface area (Å²) in [5.41, 5.74) is 10.6. The molecule has 0 amide bonds. The molecular formula is C12H15N3OS. The molecule has 90 valence electrons. The molecule has 3 N–H and O–H groups in total. The van der Waals surface area contributed by atoms with E-state index >= 15 is 0 Å². The van der Waals surface area contributed by atoms with E-state index in [1.807, 2.05) is 11.6 Å². The predicted octanol–water partition coefficient (Wildman–Crippen LogP) is 2.47. The fourth-order valence-electron chi connectivity index (χ4n) is 2.20. The van der Waals surface area contributed by atoms with E-state index < -0.39 is 0 Å². The van der Waals surface area contributed by atoms with Gasteiger partial charge in [-0.25, -0.2) is 4.98 Å². The van der Waals surface area contributed by atoms with Crippen molar-refractivity contribution in [3.8, 4) is 0 Å². The summed E-state index contributed by atoms with van der Waals surface area (Å²) in [6, 6.07) is 4.43. The van der Waals surface area contributed by atoms with E-state index in [4.69, 9.17) is 10.5 Å². The molecule has 5 heteroatoms. The van der Waals surface area contributed by atoms with E-state index in [-0.39, 0.29) is 6.10 Å². The number of anilines is 2. The second-order valence-corrected chi connectivity index (χ2v) is 5.23. The number of hydrogen-bond donors (Lipinski definition) is 2. The van der Waals surface area contributed by atoms with Gasteiger partial charge < -0.3 is 15.8 Å². The number of nitrogens with one attached hydrogen (secondary N) is 1. The third kappa shape index (κ3) is 1.85. The molecule has 1 fully saturated rings. The van der Waals surface area contributed by atoms with Gasteiger partial charge >= 0.3 is 0 Å². The van der Waals surface area contributed by atoms with Crippen molar-refractivity contribution in [2.24, 2.45) is 0 Å². The molecule has 1 aliphatic heterocycles. The van der Waals surface area contributed by atoms with Crippen LogP contribution in [0.4, 0.5) is 11.4 Å². The standard InChI is InChI=1S/C12H15N3OS/c1-7-8(4-5-16-7)15-9-2-3-10-12(11(9)13)14-6-17-10/h2-3,6-8,15H,4-5,13H2,1H3. The summed E-state index contributed by atoms with van der Waals surface area (Å²) in [7, 11) is 0. The molecule has 2 unspecified atom stereocenters. The molecule has 2 atom stereocenters. The highest BCUT2D eigenvalue weighted by Crippen LogP contribution is 2.31. The van der Waals surface area contributed by atoms with Crippen molar-refractivity contribution in [2.45, 2.75) is 25.5 Å². The molecule has 17 heavy (non-hydrogen) atoms. The van der Waals surface area contributed by atoms with E-state index in [0.29, 0.717) is 6.04 Å². The number of nitrogen functional groups attached to an aromatic ring is 1. The predicted molar refractivity (Wildman–Crippen MR) is 71.5 cm³/mol. The van der Waals surface area contributed by atoms with Crippen molar-refractivity contribution in [3.63, 3.8) is 0 Å². The summed E-state index contributed by atoms with van der Waals surface area (Å²) < 4.78 is 6.66. The molecule has 2 aromatic rings. The molecule has 0 spiro atoms. The Labute approximate surface area is 104 Å². The van der Waals surface area contributed by atoms with Crippen LogP contribution in [-0.2, 0) is 4.74 Å². The molecule has 0 saturated carbocycles. The zero-order chi connectivity index (χ0) is 11.8. The highest BCUT2D eigenvalue weighted by atomic mass is 32.1. The minimum absolute atomic E-state index is 0.237. The summed E-state index contributed by atoms with van der Waals surface area (Å²) in [5.74, 6) is 0. The minimum atomic E-state index is 0.237. The van der Waals surface area contributed by atoms with Gasteiger partial charge in [0.25, 0.3) is 0 Å². The topological polar surface area (TPSA) is 60.2 Å². The van der Waals surface area contributed by atoms with Crippen molar-refractivity contribution >= 4 is 32.9 Å². The van der Waals surface area contributed by atoms with E-state index in [0.717, 1.165) is 34.6 Å². The van der Waals surface area contributed by atoms with Gasteiger partial charge in [-0.15, -0.1) is 11.3 Å². The highest BCUT2D eigenvalue weighted by molar-refractivity contribution is 7.16. The van der Waals surface area contributed by atoms with Gasteiger partial charge in [-0.2, -0.15) is 0 Å². The minimum Gasteiger partial charge on any atom is -0.395 e. The molecule has 2 heterocycles. The molecule has 0 aliphatic carbocycles. The quantitative estimate of drug-likeness (QED) is 0.803. The van der Waals surface area contributed by atoms with Crippen molar-refractivity contribution in [2.75, 3.05) is 17.7 Å². The maximum atomic E-state index is 6.13.